The summed E-state index contributed by atoms with van der Waals surface area (Å²) in [6.07, 6.45) is 6.26. The van der Waals surface area contributed by atoms with Crippen LogP contribution in [0.4, 0.5) is 0 Å². The molecule has 18 heavy (non-hydrogen) atoms. The summed E-state index contributed by atoms with van der Waals surface area (Å²) in [6.45, 7) is 11.4. The second-order valence-corrected chi connectivity index (χ2v) is 5.80. The van der Waals surface area contributed by atoms with E-state index < -0.39 is 0 Å². The average Bonchev–Trinajstić information content (AvgIpc) is 2.41. The van der Waals surface area contributed by atoms with E-state index >= 15 is 0 Å². The molecule has 0 aromatic heterocycles. The Kier molecular flexibility index (Phi) is 7.20. The van der Waals surface area contributed by atoms with E-state index in [1.807, 2.05) is 0 Å². The minimum Gasteiger partial charge on any atom is -0.380 e. The van der Waals surface area contributed by atoms with Crippen molar-refractivity contribution >= 4 is 0 Å². The number of nitrogens with zero attached hydrogens (tertiary/aromatic N) is 1. The predicted molar refractivity (Wildman–Crippen MR) is 77.8 cm³/mol. The maximum absolute atomic E-state index is 6.11. The molecule has 3 heteroatoms. The Bertz CT molecular complexity index is 213. The molecule has 1 aliphatic rings. The topological polar surface area (TPSA) is 38.5 Å². The lowest BCUT2D eigenvalue weighted by atomic mass is 9.76. The first-order valence-electron chi connectivity index (χ1n) is 7.71. The second-order valence-electron chi connectivity index (χ2n) is 5.80. The van der Waals surface area contributed by atoms with Gasteiger partial charge in [0, 0.05) is 25.2 Å². The maximum Gasteiger partial charge on any atom is 0.0593 e. The van der Waals surface area contributed by atoms with Crippen molar-refractivity contribution in [1.29, 1.82) is 0 Å². The quantitative estimate of drug-likeness (QED) is 0.679. The van der Waals surface area contributed by atoms with E-state index in [0.29, 0.717) is 0 Å². The molecule has 0 aromatic rings. The standard InChI is InChI=1S/C15H32N2O/c1-4-11-18-12-10-17(5-2)15(13-16)8-6-14(3)7-9-15/h14H,4-13,16H2,1-3H3. The molecule has 0 aliphatic heterocycles. The van der Waals surface area contributed by atoms with Crippen LogP contribution in [0.2, 0.25) is 0 Å². The van der Waals surface area contributed by atoms with Gasteiger partial charge in [-0.05, 0) is 44.6 Å². The van der Waals surface area contributed by atoms with Gasteiger partial charge >= 0.3 is 0 Å². The Morgan fingerprint density at radius 1 is 1.22 bits per heavy atom. The lowest BCUT2D eigenvalue weighted by molar-refractivity contribution is 0.0193. The number of rotatable bonds is 8. The van der Waals surface area contributed by atoms with Crippen molar-refractivity contribution in [3.05, 3.63) is 0 Å². The zero-order valence-electron chi connectivity index (χ0n) is 12.6. The molecule has 1 saturated carbocycles. The SMILES string of the molecule is CCCOCCN(CC)C1(CN)CCC(C)CC1. The van der Waals surface area contributed by atoms with E-state index in [0.717, 1.165) is 45.2 Å². The highest BCUT2D eigenvalue weighted by molar-refractivity contribution is 4.95. The van der Waals surface area contributed by atoms with Crippen LogP contribution in [0.5, 0.6) is 0 Å². The summed E-state index contributed by atoms with van der Waals surface area (Å²) in [7, 11) is 0. The Hall–Kier alpha value is -0.120. The number of ether oxygens (including phenoxy) is 1. The molecule has 3 nitrogen and oxygen atoms in total. The minimum absolute atomic E-state index is 0.247. The van der Waals surface area contributed by atoms with Crippen molar-refractivity contribution in [2.45, 2.75) is 58.4 Å². The van der Waals surface area contributed by atoms with Gasteiger partial charge in [-0.25, -0.2) is 0 Å². The molecule has 0 unspecified atom stereocenters. The van der Waals surface area contributed by atoms with Crippen LogP contribution < -0.4 is 5.73 Å². The van der Waals surface area contributed by atoms with Crippen LogP contribution >= 0.6 is 0 Å². The van der Waals surface area contributed by atoms with Crippen LogP contribution in [-0.2, 0) is 4.74 Å². The molecule has 1 rings (SSSR count). The van der Waals surface area contributed by atoms with Gasteiger partial charge in [-0.15, -0.1) is 0 Å². The first-order chi connectivity index (χ1) is 8.68. The molecule has 0 spiro atoms. The number of hydrogen-bond acceptors (Lipinski definition) is 3. The smallest absolute Gasteiger partial charge is 0.0593 e. The lowest BCUT2D eigenvalue weighted by Crippen LogP contribution is -2.56. The minimum atomic E-state index is 0.247. The Balaban J connectivity index is 2.48. The van der Waals surface area contributed by atoms with Gasteiger partial charge in [0.2, 0.25) is 0 Å². The Morgan fingerprint density at radius 3 is 2.39 bits per heavy atom. The van der Waals surface area contributed by atoms with Gasteiger partial charge in [0.15, 0.2) is 0 Å². The fourth-order valence-corrected chi connectivity index (χ4v) is 3.10. The highest BCUT2D eigenvalue weighted by Gasteiger charge is 2.37. The third-order valence-corrected chi connectivity index (χ3v) is 4.49. The Labute approximate surface area is 113 Å². The molecule has 0 amide bonds. The normalized spacial score (nSPS) is 28.8. The summed E-state index contributed by atoms with van der Waals surface area (Å²) in [4.78, 5) is 2.56. The van der Waals surface area contributed by atoms with Crippen molar-refractivity contribution in [2.24, 2.45) is 11.7 Å². The van der Waals surface area contributed by atoms with Crippen molar-refractivity contribution in [1.82, 2.24) is 4.90 Å². The van der Waals surface area contributed by atoms with Gasteiger partial charge in [-0.1, -0.05) is 20.8 Å². The molecule has 1 fully saturated rings. The van der Waals surface area contributed by atoms with Crippen LogP contribution in [0.15, 0.2) is 0 Å². The zero-order chi connectivity index (χ0) is 13.4. The van der Waals surface area contributed by atoms with Crippen molar-refractivity contribution < 1.29 is 4.74 Å². The van der Waals surface area contributed by atoms with Crippen molar-refractivity contribution in [3.63, 3.8) is 0 Å². The summed E-state index contributed by atoms with van der Waals surface area (Å²) in [5.41, 5.74) is 6.35. The lowest BCUT2D eigenvalue weighted by Gasteiger charge is -2.47. The zero-order valence-corrected chi connectivity index (χ0v) is 12.6. The molecule has 0 atom stereocenters. The second kappa shape index (κ2) is 8.13. The van der Waals surface area contributed by atoms with E-state index in [2.05, 4.69) is 25.7 Å². The van der Waals surface area contributed by atoms with Crippen LogP contribution in [-0.4, -0.2) is 43.3 Å². The summed E-state index contributed by atoms with van der Waals surface area (Å²) >= 11 is 0. The van der Waals surface area contributed by atoms with Crippen molar-refractivity contribution in [2.75, 3.05) is 32.8 Å². The van der Waals surface area contributed by atoms with Gasteiger partial charge in [-0.2, -0.15) is 0 Å². The maximum atomic E-state index is 6.11. The number of nitrogens with two attached hydrogens (primary N) is 1. The highest BCUT2D eigenvalue weighted by Crippen LogP contribution is 2.35. The summed E-state index contributed by atoms with van der Waals surface area (Å²) in [6, 6.07) is 0. The first-order valence-corrected chi connectivity index (χ1v) is 7.71. The van der Waals surface area contributed by atoms with Gasteiger partial charge in [-0.3, -0.25) is 4.90 Å². The molecular weight excluding hydrogens is 224 g/mol. The van der Waals surface area contributed by atoms with Crippen LogP contribution in [0.25, 0.3) is 0 Å². The van der Waals surface area contributed by atoms with Crippen LogP contribution in [0.3, 0.4) is 0 Å². The molecule has 2 N–H and O–H groups in total. The van der Waals surface area contributed by atoms with Gasteiger partial charge in [0.1, 0.15) is 0 Å². The fraction of sp³-hybridized carbons (Fsp3) is 1.00. The monoisotopic (exact) mass is 256 g/mol. The number of hydrogen-bond donors (Lipinski definition) is 1. The third kappa shape index (κ3) is 4.22. The van der Waals surface area contributed by atoms with E-state index in [9.17, 15) is 0 Å². The average molecular weight is 256 g/mol. The third-order valence-electron chi connectivity index (χ3n) is 4.49. The van der Waals surface area contributed by atoms with E-state index in [4.69, 9.17) is 10.5 Å². The van der Waals surface area contributed by atoms with Crippen LogP contribution in [0.1, 0.15) is 52.9 Å². The van der Waals surface area contributed by atoms with Gasteiger partial charge in [0.25, 0.3) is 0 Å². The predicted octanol–water partition coefficient (Wildman–Crippen LogP) is 2.64. The molecule has 0 aromatic carbocycles. The molecule has 0 saturated heterocycles. The van der Waals surface area contributed by atoms with Crippen LogP contribution in [0, 0.1) is 5.92 Å². The Morgan fingerprint density at radius 2 is 1.89 bits per heavy atom. The molecule has 0 bridgehead atoms. The van der Waals surface area contributed by atoms with E-state index in [-0.39, 0.29) is 5.54 Å². The summed E-state index contributed by atoms with van der Waals surface area (Å²) < 4.78 is 5.63. The highest BCUT2D eigenvalue weighted by atomic mass is 16.5. The largest absolute Gasteiger partial charge is 0.380 e. The molecule has 1 aliphatic carbocycles. The summed E-state index contributed by atoms with van der Waals surface area (Å²) in [5.74, 6) is 0.875. The van der Waals surface area contributed by atoms with Gasteiger partial charge < -0.3 is 10.5 Å². The molecular formula is C15H32N2O. The first kappa shape index (κ1) is 15.9. The van der Waals surface area contributed by atoms with Gasteiger partial charge in [0.05, 0.1) is 6.61 Å². The van der Waals surface area contributed by atoms with E-state index in [1.165, 1.54) is 25.7 Å². The molecule has 108 valence electrons. The molecule has 0 heterocycles. The van der Waals surface area contributed by atoms with E-state index in [1.54, 1.807) is 0 Å². The number of likely N-dealkylation sites (N-methyl/N-ethyl adjacent to an activating group) is 1. The molecule has 0 radical (unpaired) electrons. The fourth-order valence-electron chi connectivity index (χ4n) is 3.10. The summed E-state index contributed by atoms with van der Waals surface area (Å²) in [5, 5.41) is 0. The van der Waals surface area contributed by atoms with Crippen molar-refractivity contribution in [3.8, 4) is 0 Å².